The minimum atomic E-state index is -0.501. The van der Waals surface area contributed by atoms with E-state index in [4.69, 9.17) is 4.74 Å². The molecule has 4 rings (SSSR count). The molecule has 1 aliphatic heterocycles. The maximum absolute atomic E-state index is 13.0. The van der Waals surface area contributed by atoms with E-state index >= 15 is 0 Å². The average molecular weight is 424 g/mol. The number of aryl methyl sites for hydroxylation is 1. The Morgan fingerprint density at radius 1 is 1.20 bits per heavy atom. The zero-order chi connectivity index (χ0) is 21.1. The first-order valence-electron chi connectivity index (χ1n) is 9.46. The molecule has 3 aromatic rings. The summed E-state index contributed by atoms with van der Waals surface area (Å²) in [5, 5.41) is 16.3. The molecule has 0 aliphatic carbocycles. The number of aromatic nitrogens is 1. The summed E-state index contributed by atoms with van der Waals surface area (Å²) < 4.78 is 5.37. The lowest BCUT2D eigenvalue weighted by Gasteiger charge is -2.30. The smallest absolute Gasteiger partial charge is 0.270 e. The zero-order valence-corrected chi connectivity index (χ0v) is 17.1. The summed E-state index contributed by atoms with van der Waals surface area (Å²) >= 11 is 1.31. The van der Waals surface area contributed by atoms with Crippen molar-refractivity contribution >= 4 is 33.8 Å². The molecular formula is C21H20N4O4S. The number of anilines is 2. The highest BCUT2D eigenvalue weighted by molar-refractivity contribution is 7.14. The molecule has 1 aromatic heterocycles. The van der Waals surface area contributed by atoms with Crippen LogP contribution >= 0.6 is 11.3 Å². The SMILES string of the molecule is Cc1ccc(-c2csc(NC(=O)c3cc([N+](=O)[O-])ccc3N3CCOCC3)n2)cc1. The van der Waals surface area contributed by atoms with Crippen LogP contribution in [0.25, 0.3) is 11.3 Å². The highest BCUT2D eigenvalue weighted by Gasteiger charge is 2.22. The number of nitro benzene ring substituents is 1. The van der Waals surface area contributed by atoms with E-state index in [-0.39, 0.29) is 11.3 Å². The molecule has 1 fully saturated rings. The monoisotopic (exact) mass is 424 g/mol. The Morgan fingerprint density at radius 3 is 2.63 bits per heavy atom. The average Bonchev–Trinajstić information content (AvgIpc) is 3.22. The van der Waals surface area contributed by atoms with E-state index in [0.29, 0.717) is 37.1 Å². The van der Waals surface area contributed by atoms with Crippen LogP contribution in [0.15, 0.2) is 47.8 Å². The van der Waals surface area contributed by atoms with Crippen molar-refractivity contribution in [2.75, 3.05) is 36.5 Å². The van der Waals surface area contributed by atoms with Gasteiger partial charge >= 0.3 is 0 Å². The normalized spacial score (nSPS) is 13.8. The fraction of sp³-hybridized carbons (Fsp3) is 0.238. The molecule has 0 unspecified atom stereocenters. The Labute approximate surface area is 177 Å². The van der Waals surface area contributed by atoms with Gasteiger partial charge in [0.15, 0.2) is 5.13 Å². The molecule has 0 radical (unpaired) electrons. The summed E-state index contributed by atoms with van der Waals surface area (Å²) in [5.41, 5.74) is 3.65. The molecule has 1 saturated heterocycles. The van der Waals surface area contributed by atoms with Gasteiger partial charge in [-0.25, -0.2) is 4.98 Å². The summed E-state index contributed by atoms with van der Waals surface area (Å²) in [7, 11) is 0. The number of rotatable bonds is 5. The lowest BCUT2D eigenvalue weighted by atomic mass is 10.1. The van der Waals surface area contributed by atoms with Crippen LogP contribution < -0.4 is 10.2 Å². The van der Waals surface area contributed by atoms with Crippen molar-refractivity contribution < 1.29 is 14.5 Å². The second kappa shape index (κ2) is 8.60. The Hall–Kier alpha value is -3.30. The fourth-order valence-corrected chi connectivity index (χ4v) is 3.97. The van der Waals surface area contributed by atoms with Crippen LogP contribution in [0, 0.1) is 17.0 Å². The van der Waals surface area contributed by atoms with Crippen molar-refractivity contribution in [1.82, 2.24) is 4.98 Å². The number of morpholine rings is 1. The van der Waals surface area contributed by atoms with Gasteiger partial charge in [-0.2, -0.15) is 0 Å². The number of ether oxygens (including phenoxy) is 1. The number of non-ortho nitro benzene ring substituents is 1. The maximum atomic E-state index is 13.0. The number of hydrogen-bond acceptors (Lipinski definition) is 7. The van der Waals surface area contributed by atoms with Gasteiger partial charge in [-0.3, -0.25) is 20.2 Å². The van der Waals surface area contributed by atoms with Crippen LogP contribution in [0.4, 0.5) is 16.5 Å². The van der Waals surface area contributed by atoms with Gasteiger partial charge in [0.1, 0.15) is 0 Å². The van der Waals surface area contributed by atoms with Crippen LogP contribution in [-0.4, -0.2) is 42.1 Å². The second-order valence-electron chi connectivity index (χ2n) is 6.92. The molecule has 2 heterocycles. The summed E-state index contributed by atoms with van der Waals surface area (Å²) in [4.78, 5) is 30.2. The number of nitrogens with zero attached hydrogens (tertiary/aromatic N) is 3. The number of carbonyl (C=O) groups is 1. The molecule has 1 amide bonds. The third-order valence-corrected chi connectivity index (χ3v) is 5.62. The van der Waals surface area contributed by atoms with Gasteiger partial charge in [-0.05, 0) is 13.0 Å². The Bertz CT molecular complexity index is 1070. The lowest BCUT2D eigenvalue weighted by molar-refractivity contribution is -0.384. The lowest BCUT2D eigenvalue weighted by Crippen LogP contribution is -2.37. The van der Waals surface area contributed by atoms with Crippen LogP contribution in [0.5, 0.6) is 0 Å². The van der Waals surface area contributed by atoms with Crippen LogP contribution in [-0.2, 0) is 4.74 Å². The number of hydrogen-bond donors (Lipinski definition) is 1. The van der Waals surface area contributed by atoms with Gasteiger partial charge in [0.05, 0.1) is 35.1 Å². The Balaban J connectivity index is 1.60. The van der Waals surface area contributed by atoms with E-state index in [2.05, 4.69) is 10.3 Å². The molecule has 0 bridgehead atoms. The van der Waals surface area contributed by atoms with Gasteiger partial charge in [-0.15, -0.1) is 11.3 Å². The number of nitro groups is 1. The van der Waals surface area contributed by atoms with Crippen LogP contribution in [0.1, 0.15) is 15.9 Å². The molecule has 0 atom stereocenters. The fourth-order valence-electron chi connectivity index (χ4n) is 3.25. The third-order valence-electron chi connectivity index (χ3n) is 4.86. The topological polar surface area (TPSA) is 97.6 Å². The van der Waals surface area contributed by atoms with Crippen molar-refractivity contribution in [2.45, 2.75) is 6.92 Å². The Morgan fingerprint density at radius 2 is 1.93 bits per heavy atom. The second-order valence-corrected chi connectivity index (χ2v) is 7.77. The zero-order valence-electron chi connectivity index (χ0n) is 16.3. The minimum absolute atomic E-state index is 0.128. The summed E-state index contributed by atoms with van der Waals surface area (Å²) in [6, 6.07) is 12.3. The molecule has 1 N–H and O–H groups in total. The first-order chi connectivity index (χ1) is 14.5. The van der Waals surface area contributed by atoms with Gasteiger partial charge in [0, 0.05) is 36.2 Å². The van der Waals surface area contributed by atoms with E-state index in [1.165, 1.54) is 23.5 Å². The maximum Gasteiger partial charge on any atom is 0.270 e. The number of amides is 1. The molecule has 8 nitrogen and oxygen atoms in total. The predicted octanol–water partition coefficient (Wildman–Crippen LogP) is 4.12. The van der Waals surface area contributed by atoms with Gasteiger partial charge in [0.2, 0.25) is 0 Å². The van der Waals surface area contributed by atoms with Gasteiger partial charge in [0.25, 0.3) is 11.6 Å². The highest BCUT2D eigenvalue weighted by Crippen LogP contribution is 2.29. The molecule has 154 valence electrons. The summed E-state index contributed by atoms with van der Waals surface area (Å²) in [6.07, 6.45) is 0. The van der Waals surface area contributed by atoms with Crippen LogP contribution in [0.3, 0.4) is 0 Å². The molecule has 1 aliphatic rings. The van der Waals surface area contributed by atoms with Crippen molar-refractivity contribution in [3.8, 4) is 11.3 Å². The molecular weight excluding hydrogens is 404 g/mol. The largest absolute Gasteiger partial charge is 0.378 e. The summed E-state index contributed by atoms with van der Waals surface area (Å²) in [5.74, 6) is -0.426. The number of benzene rings is 2. The van der Waals surface area contributed by atoms with E-state index in [1.807, 2.05) is 41.5 Å². The minimum Gasteiger partial charge on any atom is -0.378 e. The van der Waals surface area contributed by atoms with E-state index in [9.17, 15) is 14.9 Å². The first-order valence-corrected chi connectivity index (χ1v) is 10.3. The van der Waals surface area contributed by atoms with E-state index in [1.54, 1.807) is 6.07 Å². The molecule has 30 heavy (non-hydrogen) atoms. The third kappa shape index (κ3) is 4.32. The first kappa shape index (κ1) is 20.0. The molecule has 2 aromatic carbocycles. The predicted molar refractivity (Wildman–Crippen MR) is 116 cm³/mol. The molecule has 0 spiro atoms. The summed E-state index contributed by atoms with van der Waals surface area (Å²) in [6.45, 7) is 4.34. The highest BCUT2D eigenvalue weighted by atomic mass is 32.1. The standard InChI is InChI=1S/C21H20N4O4S/c1-14-2-4-15(5-3-14)18-13-30-21(22-18)23-20(26)17-12-16(25(27)28)6-7-19(17)24-8-10-29-11-9-24/h2-7,12-13H,8-11H2,1H3,(H,22,23,26). The molecule has 0 saturated carbocycles. The number of carbonyl (C=O) groups excluding carboxylic acids is 1. The van der Waals surface area contributed by atoms with Crippen molar-refractivity contribution in [3.05, 3.63) is 69.1 Å². The van der Waals surface area contributed by atoms with Crippen molar-refractivity contribution in [3.63, 3.8) is 0 Å². The quantitative estimate of drug-likeness (QED) is 0.489. The van der Waals surface area contributed by atoms with E-state index < -0.39 is 10.8 Å². The number of thiazole rings is 1. The van der Waals surface area contributed by atoms with Crippen LogP contribution in [0.2, 0.25) is 0 Å². The van der Waals surface area contributed by atoms with Gasteiger partial charge in [-0.1, -0.05) is 29.8 Å². The molecule has 9 heteroatoms. The van der Waals surface area contributed by atoms with Crippen molar-refractivity contribution in [2.24, 2.45) is 0 Å². The Kier molecular flexibility index (Phi) is 5.73. The van der Waals surface area contributed by atoms with E-state index in [0.717, 1.165) is 16.8 Å². The number of nitrogens with one attached hydrogen (secondary N) is 1. The van der Waals surface area contributed by atoms with Crippen molar-refractivity contribution in [1.29, 1.82) is 0 Å². The van der Waals surface area contributed by atoms with Gasteiger partial charge < -0.3 is 9.64 Å².